The van der Waals surface area contributed by atoms with Crippen molar-refractivity contribution in [3.63, 3.8) is 0 Å². The lowest BCUT2D eigenvalue weighted by Gasteiger charge is -2.19. The van der Waals surface area contributed by atoms with Crippen LogP contribution in [0.2, 0.25) is 0 Å². The molecule has 0 saturated carbocycles. The van der Waals surface area contributed by atoms with Crippen molar-refractivity contribution in [2.24, 2.45) is 5.92 Å². The number of amides is 1. The number of carbonyl (C=O) groups is 1. The third-order valence-electron chi connectivity index (χ3n) is 4.31. The quantitative estimate of drug-likeness (QED) is 0.673. The van der Waals surface area contributed by atoms with Gasteiger partial charge in [-0.25, -0.2) is 0 Å². The standard InChI is InChI=1S/C21H24N4O3/c1-13(2)19(21-24-20(25-28-21)16-6-5-9-22-11-16)23-18(26)12-27-17-10-14(3)7-8-15(17)4/h5-11,13,19H,12H2,1-4H3,(H,23,26). The fourth-order valence-corrected chi connectivity index (χ4v) is 2.71. The average molecular weight is 380 g/mol. The first-order valence-electron chi connectivity index (χ1n) is 9.17. The van der Waals surface area contributed by atoms with E-state index in [1.165, 1.54) is 0 Å². The molecule has 0 aliphatic carbocycles. The van der Waals surface area contributed by atoms with Gasteiger partial charge in [0.2, 0.25) is 11.7 Å². The highest BCUT2D eigenvalue weighted by Gasteiger charge is 2.25. The normalized spacial score (nSPS) is 12.0. The minimum Gasteiger partial charge on any atom is -0.483 e. The highest BCUT2D eigenvalue weighted by atomic mass is 16.5. The van der Waals surface area contributed by atoms with Crippen LogP contribution in [0.1, 0.15) is 36.9 Å². The molecule has 3 rings (SSSR count). The largest absolute Gasteiger partial charge is 0.483 e. The van der Waals surface area contributed by atoms with Gasteiger partial charge in [0, 0.05) is 18.0 Å². The minimum absolute atomic E-state index is 0.0619. The maximum Gasteiger partial charge on any atom is 0.258 e. The number of ether oxygens (including phenoxy) is 1. The lowest BCUT2D eigenvalue weighted by Crippen LogP contribution is -2.35. The summed E-state index contributed by atoms with van der Waals surface area (Å²) in [6.07, 6.45) is 3.34. The molecule has 1 aromatic carbocycles. The van der Waals surface area contributed by atoms with E-state index in [1.807, 2.05) is 52.0 Å². The molecule has 0 radical (unpaired) electrons. The van der Waals surface area contributed by atoms with Crippen LogP contribution in [0.4, 0.5) is 0 Å². The SMILES string of the molecule is Cc1ccc(C)c(OCC(=O)NC(c2nc(-c3cccnc3)no2)C(C)C)c1. The van der Waals surface area contributed by atoms with Crippen LogP contribution in [0.3, 0.4) is 0 Å². The van der Waals surface area contributed by atoms with Crippen molar-refractivity contribution in [3.05, 3.63) is 59.7 Å². The molecule has 1 unspecified atom stereocenters. The number of rotatable bonds is 7. The Kier molecular flexibility index (Phi) is 6.03. The summed E-state index contributed by atoms with van der Waals surface area (Å²) >= 11 is 0. The molecule has 0 aliphatic heterocycles. The molecule has 7 nitrogen and oxygen atoms in total. The van der Waals surface area contributed by atoms with Gasteiger partial charge in [-0.3, -0.25) is 9.78 Å². The number of nitrogens with one attached hydrogen (secondary N) is 1. The molecule has 0 bridgehead atoms. The van der Waals surface area contributed by atoms with Crippen molar-refractivity contribution in [2.45, 2.75) is 33.7 Å². The van der Waals surface area contributed by atoms with Gasteiger partial charge < -0.3 is 14.6 Å². The molecular formula is C21H24N4O3. The van der Waals surface area contributed by atoms with Gasteiger partial charge in [-0.05, 0) is 49.1 Å². The summed E-state index contributed by atoms with van der Waals surface area (Å²) in [6.45, 7) is 7.80. The first-order valence-corrected chi connectivity index (χ1v) is 9.17. The second-order valence-electron chi connectivity index (χ2n) is 7.04. The van der Waals surface area contributed by atoms with E-state index in [0.717, 1.165) is 16.7 Å². The van der Waals surface area contributed by atoms with Crippen LogP contribution in [0.25, 0.3) is 11.4 Å². The molecule has 0 fully saturated rings. The molecule has 0 saturated heterocycles. The van der Waals surface area contributed by atoms with Gasteiger partial charge in [-0.15, -0.1) is 0 Å². The Morgan fingerprint density at radius 2 is 2.07 bits per heavy atom. The zero-order valence-corrected chi connectivity index (χ0v) is 16.5. The third kappa shape index (κ3) is 4.73. The highest BCUT2D eigenvalue weighted by Crippen LogP contribution is 2.23. The van der Waals surface area contributed by atoms with Crippen LogP contribution in [-0.4, -0.2) is 27.6 Å². The number of hydrogen-bond acceptors (Lipinski definition) is 6. The van der Waals surface area contributed by atoms with Crippen LogP contribution >= 0.6 is 0 Å². The second kappa shape index (κ2) is 8.65. The van der Waals surface area contributed by atoms with E-state index >= 15 is 0 Å². The van der Waals surface area contributed by atoms with Crippen molar-refractivity contribution in [1.29, 1.82) is 0 Å². The van der Waals surface area contributed by atoms with Gasteiger partial charge in [-0.1, -0.05) is 31.1 Å². The molecule has 2 heterocycles. The Balaban J connectivity index is 1.67. The van der Waals surface area contributed by atoms with Crippen LogP contribution in [0.5, 0.6) is 5.75 Å². The Bertz CT molecular complexity index is 938. The summed E-state index contributed by atoms with van der Waals surface area (Å²) in [7, 11) is 0. The molecule has 28 heavy (non-hydrogen) atoms. The Morgan fingerprint density at radius 1 is 1.25 bits per heavy atom. The summed E-state index contributed by atoms with van der Waals surface area (Å²) in [5, 5.41) is 6.93. The van der Waals surface area contributed by atoms with E-state index in [-0.39, 0.29) is 18.4 Å². The Labute approximate surface area is 164 Å². The van der Waals surface area contributed by atoms with E-state index in [4.69, 9.17) is 9.26 Å². The third-order valence-corrected chi connectivity index (χ3v) is 4.31. The van der Waals surface area contributed by atoms with Crippen LogP contribution in [-0.2, 0) is 4.79 Å². The van der Waals surface area contributed by atoms with Gasteiger partial charge >= 0.3 is 0 Å². The number of aryl methyl sites for hydroxylation is 2. The number of nitrogens with zero attached hydrogens (tertiary/aromatic N) is 3. The molecule has 0 aliphatic rings. The van der Waals surface area contributed by atoms with Gasteiger partial charge in [0.25, 0.3) is 5.91 Å². The Hall–Kier alpha value is -3.22. The molecule has 1 atom stereocenters. The Morgan fingerprint density at radius 3 is 2.79 bits per heavy atom. The minimum atomic E-state index is -0.410. The molecule has 146 valence electrons. The molecule has 1 N–H and O–H groups in total. The number of aromatic nitrogens is 3. The molecule has 3 aromatic rings. The number of benzene rings is 1. The molecular weight excluding hydrogens is 356 g/mol. The van der Waals surface area contributed by atoms with Gasteiger partial charge in [-0.2, -0.15) is 4.98 Å². The molecule has 1 amide bonds. The van der Waals surface area contributed by atoms with Crippen molar-refractivity contribution < 1.29 is 14.1 Å². The topological polar surface area (TPSA) is 90.1 Å². The first-order chi connectivity index (χ1) is 13.4. The molecule has 0 spiro atoms. The summed E-state index contributed by atoms with van der Waals surface area (Å²) < 4.78 is 11.1. The fraction of sp³-hybridized carbons (Fsp3) is 0.333. The van der Waals surface area contributed by atoms with Crippen LogP contribution in [0.15, 0.2) is 47.2 Å². The van der Waals surface area contributed by atoms with E-state index < -0.39 is 6.04 Å². The summed E-state index contributed by atoms with van der Waals surface area (Å²) in [5.41, 5.74) is 2.82. The second-order valence-corrected chi connectivity index (χ2v) is 7.04. The maximum atomic E-state index is 12.4. The molecule has 2 aromatic heterocycles. The monoisotopic (exact) mass is 380 g/mol. The van der Waals surface area contributed by atoms with E-state index in [1.54, 1.807) is 18.5 Å². The van der Waals surface area contributed by atoms with E-state index in [2.05, 4.69) is 20.4 Å². The van der Waals surface area contributed by atoms with Crippen molar-refractivity contribution in [3.8, 4) is 17.1 Å². The summed E-state index contributed by atoms with van der Waals surface area (Å²) in [5.74, 6) is 1.31. The average Bonchev–Trinajstić information content (AvgIpc) is 3.17. The zero-order valence-electron chi connectivity index (χ0n) is 16.5. The fourth-order valence-electron chi connectivity index (χ4n) is 2.71. The number of pyridine rings is 1. The number of carbonyl (C=O) groups excluding carboxylic acids is 1. The summed E-state index contributed by atoms with van der Waals surface area (Å²) in [6, 6.07) is 9.14. The van der Waals surface area contributed by atoms with Gasteiger partial charge in [0.1, 0.15) is 11.8 Å². The van der Waals surface area contributed by atoms with Crippen LogP contribution in [0, 0.1) is 19.8 Å². The number of hydrogen-bond donors (Lipinski definition) is 1. The van der Waals surface area contributed by atoms with E-state index in [0.29, 0.717) is 17.5 Å². The molecule has 7 heteroatoms. The zero-order chi connectivity index (χ0) is 20.1. The lowest BCUT2D eigenvalue weighted by atomic mass is 10.0. The maximum absolute atomic E-state index is 12.4. The van der Waals surface area contributed by atoms with Gasteiger partial charge in [0.15, 0.2) is 6.61 Å². The lowest BCUT2D eigenvalue weighted by molar-refractivity contribution is -0.124. The van der Waals surface area contributed by atoms with Crippen LogP contribution < -0.4 is 10.1 Å². The smallest absolute Gasteiger partial charge is 0.258 e. The highest BCUT2D eigenvalue weighted by molar-refractivity contribution is 5.78. The van der Waals surface area contributed by atoms with Crippen molar-refractivity contribution >= 4 is 5.91 Å². The van der Waals surface area contributed by atoms with Crippen molar-refractivity contribution in [1.82, 2.24) is 20.4 Å². The first kappa shape index (κ1) is 19.5. The predicted molar refractivity (Wildman–Crippen MR) is 105 cm³/mol. The predicted octanol–water partition coefficient (Wildman–Crippen LogP) is 3.64. The van der Waals surface area contributed by atoms with Crippen molar-refractivity contribution in [2.75, 3.05) is 6.61 Å². The van der Waals surface area contributed by atoms with Gasteiger partial charge in [0.05, 0.1) is 0 Å². The summed E-state index contributed by atoms with van der Waals surface area (Å²) in [4.78, 5) is 20.9. The van der Waals surface area contributed by atoms with E-state index in [9.17, 15) is 4.79 Å².